The summed E-state index contributed by atoms with van der Waals surface area (Å²) in [4.78, 5) is 0. The molecule has 0 bridgehead atoms. The summed E-state index contributed by atoms with van der Waals surface area (Å²) < 4.78 is 11.3. The Labute approximate surface area is 96.5 Å². The number of hydrogen-bond acceptors (Lipinski definition) is 3. The first-order chi connectivity index (χ1) is 7.59. The molecule has 0 aromatic heterocycles. The van der Waals surface area contributed by atoms with Crippen molar-refractivity contribution in [2.45, 2.75) is 33.2 Å². The summed E-state index contributed by atoms with van der Waals surface area (Å²) in [6.45, 7) is 7.48. The molecule has 88 valence electrons. The predicted molar refractivity (Wildman–Crippen MR) is 64.3 cm³/mol. The van der Waals surface area contributed by atoms with Crippen molar-refractivity contribution < 1.29 is 9.47 Å². The molecule has 1 unspecified atom stereocenters. The van der Waals surface area contributed by atoms with Crippen molar-refractivity contribution in [3.63, 3.8) is 0 Å². The van der Waals surface area contributed by atoms with Gasteiger partial charge in [0.15, 0.2) is 11.5 Å². The smallest absolute Gasteiger partial charge is 0.164 e. The third-order valence-corrected chi connectivity index (χ3v) is 3.04. The molecule has 1 aliphatic rings. The molecule has 0 radical (unpaired) electrons. The topological polar surface area (TPSA) is 44.5 Å². The third-order valence-electron chi connectivity index (χ3n) is 3.04. The van der Waals surface area contributed by atoms with Crippen molar-refractivity contribution in [3.05, 3.63) is 22.8 Å². The molecule has 1 atom stereocenters. The van der Waals surface area contributed by atoms with Gasteiger partial charge in [-0.3, -0.25) is 0 Å². The molecule has 0 saturated heterocycles. The van der Waals surface area contributed by atoms with Crippen molar-refractivity contribution in [2.24, 2.45) is 5.73 Å². The van der Waals surface area contributed by atoms with E-state index < -0.39 is 0 Å². The molecule has 16 heavy (non-hydrogen) atoms. The van der Waals surface area contributed by atoms with E-state index in [0.717, 1.165) is 17.9 Å². The molecular weight excluding hydrogens is 202 g/mol. The zero-order valence-electron chi connectivity index (χ0n) is 10.2. The monoisotopic (exact) mass is 221 g/mol. The van der Waals surface area contributed by atoms with Crippen LogP contribution in [-0.2, 0) is 6.42 Å². The van der Waals surface area contributed by atoms with E-state index in [1.807, 2.05) is 6.92 Å². The second kappa shape index (κ2) is 4.34. The fourth-order valence-electron chi connectivity index (χ4n) is 2.07. The molecule has 1 aromatic carbocycles. The fourth-order valence-corrected chi connectivity index (χ4v) is 2.07. The maximum absolute atomic E-state index is 5.85. The van der Waals surface area contributed by atoms with E-state index in [0.29, 0.717) is 13.2 Å². The Bertz CT molecular complexity index is 399. The fraction of sp³-hybridized carbons (Fsp3) is 0.538. The number of hydrogen-bond donors (Lipinski definition) is 1. The van der Waals surface area contributed by atoms with Gasteiger partial charge in [-0.1, -0.05) is 0 Å². The highest BCUT2D eigenvalue weighted by Crippen LogP contribution is 2.37. The van der Waals surface area contributed by atoms with Crippen molar-refractivity contribution in [1.29, 1.82) is 0 Å². The zero-order valence-corrected chi connectivity index (χ0v) is 10.2. The van der Waals surface area contributed by atoms with Gasteiger partial charge in [0.25, 0.3) is 0 Å². The van der Waals surface area contributed by atoms with Gasteiger partial charge in [0.1, 0.15) is 13.2 Å². The molecular formula is C13H19NO2. The lowest BCUT2D eigenvalue weighted by atomic mass is 9.97. The van der Waals surface area contributed by atoms with Gasteiger partial charge in [0.2, 0.25) is 0 Å². The summed E-state index contributed by atoms with van der Waals surface area (Å²) >= 11 is 0. The lowest BCUT2D eigenvalue weighted by molar-refractivity contribution is 0.170. The van der Waals surface area contributed by atoms with Gasteiger partial charge in [-0.05, 0) is 49.9 Å². The van der Waals surface area contributed by atoms with E-state index in [1.165, 1.54) is 16.7 Å². The Kier molecular flexibility index (Phi) is 3.06. The molecule has 1 heterocycles. The third kappa shape index (κ3) is 2.00. The second-order valence-electron chi connectivity index (χ2n) is 4.49. The summed E-state index contributed by atoms with van der Waals surface area (Å²) in [6.07, 6.45) is 0.878. The first-order valence-corrected chi connectivity index (χ1v) is 5.74. The first-order valence-electron chi connectivity index (χ1n) is 5.74. The van der Waals surface area contributed by atoms with Crippen LogP contribution in [0.1, 0.15) is 23.6 Å². The van der Waals surface area contributed by atoms with Crippen LogP contribution in [0.25, 0.3) is 0 Å². The first kappa shape index (κ1) is 11.3. The van der Waals surface area contributed by atoms with Gasteiger partial charge in [0.05, 0.1) is 0 Å². The Balaban J connectivity index is 2.44. The van der Waals surface area contributed by atoms with E-state index in [2.05, 4.69) is 19.9 Å². The summed E-state index contributed by atoms with van der Waals surface area (Å²) in [5, 5.41) is 0. The number of rotatable bonds is 2. The summed E-state index contributed by atoms with van der Waals surface area (Å²) in [6, 6.07) is 2.24. The maximum Gasteiger partial charge on any atom is 0.164 e. The molecule has 2 rings (SSSR count). The van der Waals surface area contributed by atoms with Crippen LogP contribution in [-0.4, -0.2) is 19.3 Å². The second-order valence-corrected chi connectivity index (χ2v) is 4.49. The molecule has 0 fully saturated rings. The lowest BCUT2D eigenvalue weighted by Crippen LogP contribution is -2.20. The highest BCUT2D eigenvalue weighted by molar-refractivity contribution is 5.54. The number of fused-ring (bicyclic) bond motifs is 1. The number of nitrogens with two attached hydrogens (primary N) is 1. The molecule has 0 spiro atoms. The zero-order chi connectivity index (χ0) is 11.7. The SMILES string of the molecule is Cc1c(CC(C)N)cc2c(c1C)OCCO2. The summed E-state index contributed by atoms with van der Waals surface area (Å²) in [7, 11) is 0. The van der Waals surface area contributed by atoms with Gasteiger partial charge in [-0.2, -0.15) is 0 Å². The highest BCUT2D eigenvalue weighted by Gasteiger charge is 2.18. The minimum Gasteiger partial charge on any atom is -0.486 e. The van der Waals surface area contributed by atoms with Crippen LogP contribution in [0.2, 0.25) is 0 Å². The predicted octanol–water partition coefficient (Wildman–Crippen LogP) is 1.96. The van der Waals surface area contributed by atoms with Gasteiger partial charge in [0, 0.05) is 6.04 Å². The van der Waals surface area contributed by atoms with Crippen LogP contribution in [0.15, 0.2) is 6.07 Å². The van der Waals surface area contributed by atoms with Crippen molar-refractivity contribution >= 4 is 0 Å². The quantitative estimate of drug-likeness (QED) is 0.830. The molecule has 0 saturated carbocycles. The van der Waals surface area contributed by atoms with Crippen LogP contribution >= 0.6 is 0 Å². The Morgan fingerprint density at radius 3 is 2.62 bits per heavy atom. The lowest BCUT2D eigenvalue weighted by Gasteiger charge is -2.23. The van der Waals surface area contributed by atoms with Crippen molar-refractivity contribution in [3.8, 4) is 11.5 Å². The summed E-state index contributed by atoms with van der Waals surface area (Å²) in [5.74, 6) is 1.77. The molecule has 3 nitrogen and oxygen atoms in total. The van der Waals surface area contributed by atoms with E-state index in [1.54, 1.807) is 0 Å². The van der Waals surface area contributed by atoms with Crippen LogP contribution in [0.4, 0.5) is 0 Å². The Morgan fingerprint density at radius 2 is 1.94 bits per heavy atom. The Hall–Kier alpha value is -1.22. The van der Waals surface area contributed by atoms with Gasteiger partial charge in [-0.25, -0.2) is 0 Å². The van der Waals surface area contributed by atoms with Crippen molar-refractivity contribution in [1.82, 2.24) is 0 Å². The minimum atomic E-state index is 0.167. The van der Waals surface area contributed by atoms with E-state index in [-0.39, 0.29) is 6.04 Å². The molecule has 0 amide bonds. The van der Waals surface area contributed by atoms with E-state index >= 15 is 0 Å². The van der Waals surface area contributed by atoms with E-state index in [4.69, 9.17) is 15.2 Å². The molecule has 0 aliphatic carbocycles. The maximum atomic E-state index is 5.85. The highest BCUT2D eigenvalue weighted by atomic mass is 16.6. The molecule has 1 aliphatic heterocycles. The number of ether oxygens (including phenoxy) is 2. The van der Waals surface area contributed by atoms with Crippen LogP contribution in [0, 0.1) is 13.8 Å². The van der Waals surface area contributed by atoms with Crippen LogP contribution < -0.4 is 15.2 Å². The largest absolute Gasteiger partial charge is 0.486 e. The Morgan fingerprint density at radius 1 is 1.25 bits per heavy atom. The minimum absolute atomic E-state index is 0.167. The average Bonchev–Trinajstić information content (AvgIpc) is 2.25. The van der Waals surface area contributed by atoms with Crippen LogP contribution in [0.3, 0.4) is 0 Å². The molecule has 1 aromatic rings. The van der Waals surface area contributed by atoms with Gasteiger partial charge >= 0.3 is 0 Å². The average molecular weight is 221 g/mol. The normalized spacial score (nSPS) is 16.0. The van der Waals surface area contributed by atoms with Crippen LogP contribution in [0.5, 0.6) is 11.5 Å². The standard InChI is InChI=1S/C13H19NO2/c1-8(14)6-11-7-12-13(10(3)9(11)2)16-5-4-15-12/h7-8H,4-6,14H2,1-3H3. The molecule has 3 heteroatoms. The van der Waals surface area contributed by atoms with E-state index in [9.17, 15) is 0 Å². The van der Waals surface area contributed by atoms with Gasteiger partial charge < -0.3 is 15.2 Å². The molecule has 2 N–H and O–H groups in total. The number of benzene rings is 1. The van der Waals surface area contributed by atoms with Crippen molar-refractivity contribution in [2.75, 3.05) is 13.2 Å². The van der Waals surface area contributed by atoms with Gasteiger partial charge in [-0.15, -0.1) is 0 Å². The summed E-state index contributed by atoms with van der Waals surface area (Å²) in [5.41, 5.74) is 9.55.